The maximum atomic E-state index is 12.3. The molecule has 0 heterocycles. The first-order valence-electron chi connectivity index (χ1n) is 6.74. The molecule has 2 rings (SSSR count). The molecule has 7 heteroatoms. The van der Waals surface area contributed by atoms with Crippen molar-refractivity contribution in [2.24, 2.45) is 5.92 Å². The van der Waals surface area contributed by atoms with E-state index in [1.54, 1.807) is 13.0 Å². The molecule has 0 spiro atoms. The summed E-state index contributed by atoms with van der Waals surface area (Å²) in [6, 6.07) is 2.94. The standard InChI is InChI=1S/C14H17Cl2NO3S/c1-8-3-4-11(5-8)17-14(18)10-6-9(2)13(15)12(7-10)21(16,19)20/h6-8,11H,3-5H2,1-2H3,(H,17,18). The zero-order chi connectivity index (χ0) is 15.8. The highest BCUT2D eigenvalue weighted by atomic mass is 35.7. The van der Waals surface area contributed by atoms with Crippen LogP contribution in [0.1, 0.15) is 42.1 Å². The summed E-state index contributed by atoms with van der Waals surface area (Å²) in [4.78, 5) is 12.0. The number of rotatable bonds is 3. The van der Waals surface area contributed by atoms with Gasteiger partial charge < -0.3 is 5.32 Å². The minimum absolute atomic E-state index is 0.0519. The molecule has 0 aliphatic heterocycles. The van der Waals surface area contributed by atoms with Crippen LogP contribution in [0.5, 0.6) is 0 Å². The van der Waals surface area contributed by atoms with Gasteiger partial charge in [-0.1, -0.05) is 18.5 Å². The molecule has 1 aliphatic carbocycles. The lowest BCUT2D eigenvalue weighted by atomic mass is 10.1. The van der Waals surface area contributed by atoms with Gasteiger partial charge in [0.2, 0.25) is 0 Å². The highest BCUT2D eigenvalue weighted by molar-refractivity contribution is 8.13. The summed E-state index contributed by atoms with van der Waals surface area (Å²) in [5, 5.41) is 2.98. The molecule has 1 aromatic carbocycles. The van der Waals surface area contributed by atoms with Crippen LogP contribution in [-0.4, -0.2) is 20.4 Å². The van der Waals surface area contributed by atoms with Gasteiger partial charge in [0, 0.05) is 22.3 Å². The lowest BCUT2D eigenvalue weighted by Gasteiger charge is -2.14. The summed E-state index contributed by atoms with van der Waals surface area (Å²) in [7, 11) is 1.37. The molecule has 1 N–H and O–H groups in total. The van der Waals surface area contributed by atoms with Gasteiger partial charge in [0.1, 0.15) is 4.90 Å². The van der Waals surface area contributed by atoms with Crippen molar-refractivity contribution in [3.8, 4) is 0 Å². The first-order valence-corrected chi connectivity index (χ1v) is 9.43. The number of carbonyl (C=O) groups excluding carboxylic acids is 1. The van der Waals surface area contributed by atoms with Gasteiger partial charge in [-0.25, -0.2) is 8.42 Å². The van der Waals surface area contributed by atoms with E-state index in [4.69, 9.17) is 22.3 Å². The number of amides is 1. The number of carbonyl (C=O) groups is 1. The fourth-order valence-electron chi connectivity index (χ4n) is 2.65. The maximum absolute atomic E-state index is 12.3. The smallest absolute Gasteiger partial charge is 0.262 e. The predicted molar refractivity (Wildman–Crippen MR) is 83.5 cm³/mol. The van der Waals surface area contributed by atoms with Gasteiger partial charge in [-0.2, -0.15) is 0 Å². The predicted octanol–water partition coefficient (Wildman–Crippen LogP) is 3.49. The minimum Gasteiger partial charge on any atom is -0.349 e. The highest BCUT2D eigenvalue weighted by Gasteiger charge is 2.25. The topological polar surface area (TPSA) is 63.2 Å². The third-order valence-corrected chi connectivity index (χ3v) is 5.74. The van der Waals surface area contributed by atoms with Crippen molar-refractivity contribution < 1.29 is 13.2 Å². The molecule has 1 fully saturated rings. The Morgan fingerprint density at radius 1 is 1.33 bits per heavy atom. The number of hydrogen-bond donors (Lipinski definition) is 1. The zero-order valence-corrected chi connectivity index (χ0v) is 14.1. The van der Waals surface area contributed by atoms with Crippen LogP contribution in [0.4, 0.5) is 0 Å². The van der Waals surface area contributed by atoms with Crippen LogP contribution in [-0.2, 0) is 9.05 Å². The van der Waals surface area contributed by atoms with E-state index in [1.165, 1.54) is 6.07 Å². The molecule has 0 aromatic heterocycles. The monoisotopic (exact) mass is 349 g/mol. The van der Waals surface area contributed by atoms with Gasteiger partial charge in [-0.05, 0) is 49.8 Å². The van der Waals surface area contributed by atoms with Crippen molar-refractivity contribution in [1.29, 1.82) is 0 Å². The number of nitrogens with one attached hydrogen (secondary N) is 1. The van der Waals surface area contributed by atoms with Crippen molar-refractivity contribution in [3.63, 3.8) is 0 Å². The molecule has 1 aliphatic rings. The van der Waals surface area contributed by atoms with Gasteiger partial charge in [0.25, 0.3) is 15.0 Å². The molecular formula is C14H17Cl2NO3S. The van der Waals surface area contributed by atoms with Gasteiger partial charge in [-0.3, -0.25) is 4.79 Å². The Labute approximate surface area is 134 Å². The summed E-state index contributed by atoms with van der Waals surface area (Å²) in [6.45, 7) is 3.79. The van der Waals surface area contributed by atoms with Gasteiger partial charge >= 0.3 is 0 Å². The van der Waals surface area contributed by atoms with Crippen LogP contribution in [0.25, 0.3) is 0 Å². The summed E-state index contributed by atoms with van der Waals surface area (Å²) in [5.41, 5.74) is 0.763. The number of benzene rings is 1. The van der Waals surface area contributed by atoms with E-state index >= 15 is 0 Å². The summed E-state index contributed by atoms with van der Waals surface area (Å²) in [5.74, 6) is 0.302. The Hall–Kier alpha value is -0.780. The van der Waals surface area contributed by atoms with Crippen LogP contribution >= 0.6 is 22.3 Å². The molecule has 1 aromatic rings. The van der Waals surface area contributed by atoms with E-state index in [9.17, 15) is 13.2 Å². The Morgan fingerprint density at radius 3 is 2.52 bits per heavy atom. The van der Waals surface area contributed by atoms with Crippen LogP contribution in [0.2, 0.25) is 5.02 Å². The number of halogens is 2. The number of hydrogen-bond acceptors (Lipinski definition) is 3. The third-order valence-electron chi connectivity index (χ3n) is 3.78. The van der Waals surface area contributed by atoms with E-state index in [-0.39, 0.29) is 27.4 Å². The summed E-state index contributed by atoms with van der Waals surface area (Å²) in [6.07, 6.45) is 2.98. The van der Waals surface area contributed by atoms with Gasteiger partial charge in [0.15, 0.2) is 0 Å². The minimum atomic E-state index is -3.99. The van der Waals surface area contributed by atoms with Crippen LogP contribution in [0.3, 0.4) is 0 Å². The maximum Gasteiger partial charge on any atom is 0.262 e. The second-order valence-corrected chi connectivity index (χ2v) is 8.54. The average molecular weight is 350 g/mol. The van der Waals surface area contributed by atoms with Crippen LogP contribution in [0, 0.1) is 12.8 Å². The van der Waals surface area contributed by atoms with Gasteiger partial charge in [-0.15, -0.1) is 0 Å². The van der Waals surface area contributed by atoms with Crippen molar-refractivity contribution in [1.82, 2.24) is 5.32 Å². The lowest BCUT2D eigenvalue weighted by molar-refractivity contribution is 0.0937. The molecule has 116 valence electrons. The molecule has 0 bridgehead atoms. The summed E-state index contributed by atoms with van der Waals surface area (Å²) >= 11 is 5.95. The van der Waals surface area contributed by atoms with Crippen molar-refractivity contribution in [3.05, 3.63) is 28.3 Å². The Morgan fingerprint density at radius 2 is 2.00 bits per heavy atom. The largest absolute Gasteiger partial charge is 0.349 e. The lowest BCUT2D eigenvalue weighted by Crippen LogP contribution is -2.33. The molecule has 4 nitrogen and oxygen atoms in total. The molecular weight excluding hydrogens is 333 g/mol. The Kier molecular flexibility index (Phi) is 4.85. The van der Waals surface area contributed by atoms with E-state index < -0.39 is 9.05 Å². The first-order chi connectivity index (χ1) is 9.68. The molecule has 0 radical (unpaired) electrons. The molecule has 0 saturated heterocycles. The molecule has 1 amide bonds. The molecule has 21 heavy (non-hydrogen) atoms. The first kappa shape index (κ1) is 16.6. The van der Waals surface area contributed by atoms with Crippen molar-refractivity contribution >= 4 is 37.2 Å². The quantitative estimate of drug-likeness (QED) is 0.849. The number of aryl methyl sites for hydroxylation is 1. The van der Waals surface area contributed by atoms with Gasteiger partial charge in [0.05, 0.1) is 5.02 Å². The molecule has 2 unspecified atom stereocenters. The van der Waals surface area contributed by atoms with Crippen molar-refractivity contribution in [2.75, 3.05) is 0 Å². The second-order valence-electron chi connectivity index (χ2n) is 5.63. The fraction of sp³-hybridized carbons (Fsp3) is 0.500. The van der Waals surface area contributed by atoms with Crippen molar-refractivity contribution in [2.45, 2.75) is 44.0 Å². The van der Waals surface area contributed by atoms with Crippen LogP contribution < -0.4 is 5.32 Å². The molecule has 2 atom stereocenters. The Balaban J connectivity index is 2.28. The van der Waals surface area contributed by atoms with E-state index in [0.717, 1.165) is 19.3 Å². The average Bonchev–Trinajstić information content (AvgIpc) is 2.76. The summed E-state index contributed by atoms with van der Waals surface area (Å²) < 4.78 is 23.0. The van der Waals surface area contributed by atoms with Crippen LogP contribution in [0.15, 0.2) is 17.0 Å². The van der Waals surface area contributed by atoms with E-state index in [1.807, 2.05) is 0 Å². The normalized spacial score (nSPS) is 22.3. The van der Waals surface area contributed by atoms with E-state index in [2.05, 4.69) is 12.2 Å². The second kappa shape index (κ2) is 6.15. The Bertz CT molecular complexity index is 673. The van der Waals surface area contributed by atoms with E-state index in [0.29, 0.717) is 11.5 Å². The fourth-order valence-corrected chi connectivity index (χ4v) is 4.19. The molecule has 1 saturated carbocycles. The third kappa shape index (κ3) is 3.90. The zero-order valence-electron chi connectivity index (χ0n) is 11.8. The highest BCUT2D eigenvalue weighted by Crippen LogP contribution is 2.30. The SMILES string of the molecule is Cc1cc(C(=O)NC2CCC(C)C2)cc(S(=O)(=O)Cl)c1Cl.